The van der Waals surface area contributed by atoms with E-state index < -0.39 is 4.92 Å². The van der Waals surface area contributed by atoms with Crippen LogP contribution in [0, 0.1) is 10.1 Å². The van der Waals surface area contributed by atoms with Gasteiger partial charge in [-0.15, -0.1) is 0 Å². The molecule has 88 valence electrons. The van der Waals surface area contributed by atoms with Crippen LogP contribution in [-0.2, 0) is 7.05 Å². The van der Waals surface area contributed by atoms with Gasteiger partial charge in [0.1, 0.15) is 6.20 Å². The number of hydrogen-bond acceptors (Lipinski definition) is 5. The molecule has 0 bridgehead atoms. The van der Waals surface area contributed by atoms with Gasteiger partial charge in [0.25, 0.3) is 5.69 Å². The predicted octanol–water partition coefficient (Wildman–Crippen LogP) is 2.12. The number of nitro groups is 1. The molecule has 1 N–H and O–H groups in total. The Morgan fingerprint density at radius 1 is 1.59 bits per heavy atom. The third-order valence-electron chi connectivity index (χ3n) is 2.00. The molecule has 7 nitrogen and oxygen atoms in total. The topological polar surface area (TPSA) is 85.9 Å². The first-order valence-corrected chi connectivity index (χ1v) is 5.00. The minimum atomic E-state index is -0.552. The molecule has 0 fully saturated rings. The largest absolute Gasteiger partial charge is 0.322 e. The van der Waals surface area contributed by atoms with Crippen molar-refractivity contribution in [3.63, 3.8) is 0 Å². The monoisotopic (exact) mass is 253 g/mol. The van der Waals surface area contributed by atoms with Crippen LogP contribution in [0.4, 0.5) is 17.3 Å². The number of pyridine rings is 1. The molecule has 0 aliphatic rings. The average molecular weight is 254 g/mol. The van der Waals surface area contributed by atoms with E-state index in [0.717, 1.165) is 6.20 Å². The van der Waals surface area contributed by atoms with E-state index in [-0.39, 0.29) is 10.7 Å². The SMILES string of the molecule is Cn1ccc(Nc2ncc([N+](=O)[O-])cc2Cl)n1. The molecule has 8 heteroatoms. The van der Waals surface area contributed by atoms with Crippen LogP contribution in [-0.4, -0.2) is 19.7 Å². The number of aromatic nitrogens is 3. The fourth-order valence-corrected chi connectivity index (χ4v) is 1.43. The van der Waals surface area contributed by atoms with Crippen molar-refractivity contribution in [2.45, 2.75) is 0 Å². The third kappa shape index (κ3) is 2.51. The number of hydrogen-bond donors (Lipinski definition) is 1. The van der Waals surface area contributed by atoms with Gasteiger partial charge in [0.05, 0.1) is 9.95 Å². The first-order valence-electron chi connectivity index (χ1n) is 4.63. The predicted molar refractivity (Wildman–Crippen MR) is 62.4 cm³/mol. The number of rotatable bonds is 3. The normalized spacial score (nSPS) is 10.2. The van der Waals surface area contributed by atoms with E-state index in [9.17, 15) is 10.1 Å². The molecule has 2 aromatic heterocycles. The van der Waals surface area contributed by atoms with Gasteiger partial charge in [-0.05, 0) is 0 Å². The van der Waals surface area contributed by atoms with Crippen LogP contribution < -0.4 is 5.32 Å². The van der Waals surface area contributed by atoms with Crippen molar-refractivity contribution in [2.24, 2.45) is 7.05 Å². The van der Waals surface area contributed by atoms with Gasteiger partial charge in [0.2, 0.25) is 0 Å². The van der Waals surface area contributed by atoms with E-state index in [4.69, 9.17) is 11.6 Å². The van der Waals surface area contributed by atoms with Crippen LogP contribution in [0.25, 0.3) is 0 Å². The second-order valence-electron chi connectivity index (χ2n) is 3.28. The molecule has 0 aliphatic heterocycles. The standard InChI is InChI=1S/C9H8ClN5O2/c1-14-3-2-8(13-14)12-9-7(10)4-6(5-11-9)15(16)17/h2-5H,1H3,(H,11,12,13). The van der Waals surface area contributed by atoms with Gasteiger partial charge < -0.3 is 5.32 Å². The van der Waals surface area contributed by atoms with Gasteiger partial charge in [0.15, 0.2) is 11.6 Å². The first-order chi connectivity index (χ1) is 8.06. The van der Waals surface area contributed by atoms with Crippen molar-refractivity contribution < 1.29 is 4.92 Å². The molecule has 0 radical (unpaired) electrons. The van der Waals surface area contributed by atoms with Crippen LogP contribution in [0.5, 0.6) is 0 Å². The Morgan fingerprint density at radius 3 is 2.88 bits per heavy atom. The highest BCUT2D eigenvalue weighted by molar-refractivity contribution is 6.33. The van der Waals surface area contributed by atoms with Gasteiger partial charge in [-0.3, -0.25) is 14.8 Å². The highest BCUT2D eigenvalue weighted by atomic mass is 35.5. The fraction of sp³-hybridized carbons (Fsp3) is 0.111. The summed E-state index contributed by atoms with van der Waals surface area (Å²) in [6, 6.07) is 2.97. The molecule has 0 unspecified atom stereocenters. The van der Waals surface area contributed by atoms with Crippen LogP contribution in [0.15, 0.2) is 24.5 Å². The molecular weight excluding hydrogens is 246 g/mol. The average Bonchev–Trinajstić information content (AvgIpc) is 2.67. The minimum Gasteiger partial charge on any atom is -0.322 e. The second kappa shape index (κ2) is 4.38. The molecule has 0 spiro atoms. The number of nitrogens with one attached hydrogen (secondary N) is 1. The van der Waals surface area contributed by atoms with E-state index in [2.05, 4.69) is 15.4 Å². The van der Waals surface area contributed by atoms with E-state index in [1.165, 1.54) is 6.07 Å². The number of halogens is 1. The molecule has 0 amide bonds. The smallest absolute Gasteiger partial charge is 0.289 e. The molecule has 0 saturated carbocycles. The Morgan fingerprint density at radius 2 is 2.35 bits per heavy atom. The molecular formula is C9H8ClN5O2. The van der Waals surface area contributed by atoms with Crippen molar-refractivity contribution in [1.82, 2.24) is 14.8 Å². The van der Waals surface area contributed by atoms with Crippen molar-refractivity contribution in [3.05, 3.63) is 39.7 Å². The Balaban J connectivity index is 2.25. The molecule has 0 atom stereocenters. The highest BCUT2D eigenvalue weighted by Crippen LogP contribution is 2.25. The maximum atomic E-state index is 10.5. The molecule has 0 aromatic carbocycles. The van der Waals surface area contributed by atoms with E-state index in [1.807, 2.05) is 0 Å². The summed E-state index contributed by atoms with van der Waals surface area (Å²) in [4.78, 5) is 13.8. The Labute approximate surface area is 101 Å². The quantitative estimate of drug-likeness (QED) is 0.669. The molecule has 2 heterocycles. The molecule has 2 aromatic rings. The first kappa shape index (κ1) is 11.3. The van der Waals surface area contributed by atoms with Gasteiger partial charge >= 0.3 is 0 Å². The lowest BCUT2D eigenvalue weighted by molar-refractivity contribution is -0.385. The van der Waals surface area contributed by atoms with Crippen molar-refractivity contribution >= 4 is 28.9 Å². The van der Waals surface area contributed by atoms with Gasteiger partial charge in [-0.25, -0.2) is 4.98 Å². The summed E-state index contributed by atoms with van der Waals surface area (Å²) in [5.41, 5.74) is -0.151. The molecule has 17 heavy (non-hydrogen) atoms. The van der Waals surface area contributed by atoms with Crippen molar-refractivity contribution in [3.8, 4) is 0 Å². The molecule has 0 saturated heterocycles. The zero-order chi connectivity index (χ0) is 12.4. The number of nitrogens with zero attached hydrogens (tertiary/aromatic N) is 4. The van der Waals surface area contributed by atoms with E-state index in [1.54, 1.807) is 24.0 Å². The Kier molecular flexibility index (Phi) is 2.92. The summed E-state index contributed by atoms with van der Waals surface area (Å²) in [5, 5.41) is 17.6. The maximum Gasteiger partial charge on any atom is 0.289 e. The summed E-state index contributed by atoms with van der Waals surface area (Å²) in [7, 11) is 1.77. The fourth-order valence-electron chi connectivity index (χ4n) is 1.22. The summed E-state index contributed by atoms with van der Waals surface area (Å²) in [6.45, 7) is 0. The van der Waals surface area contributed by atoms with Crippen LogP contribution in [0.3, 0.4) is 0 Å². The van der Waals surface area contributed by atoms with Crippen LogP contribution in [0.1, 0.15) is 0 Å². The maximum absolute atomic E-state index is 10.5. The summed E-state index contributed by atoms with van der Waals surface area (Å²) >= 11 is 5.87. The lowest BCUT2D eigenvalue weighted by Gasteiger charge is -2.03. The summed E-state index contributed by atoms with van der Waals surface area (Å²) < 4.78 is 1.61. The molecule has 2 rings (SSSR count). The zero-order valence-corrected chi connectivity index (χ0v) is 9.55. The third-order valence-corrected chi connectivity index (χ3v) is 2.29. The van der Waals surface area contributed by atoms with Crippen molar-refractivity contribution in [2.75, 3.05) is 5.32 Å². The second-order valence-corrected chi connectivity index (χ2v) is 3.69. The lowest BCUT2D eigenvalue weighted by atomic mass is 10.4. The van der Waals surface area contributed by atoms with Gasteiger partial charge in [0, 0.05) is 25.4 Å². The Bertz CT molecular complexity index is 568. The minimum absolute atomic E-state index is 0.151. The molecule has 0 aliphatic carbocycles. The summed E-state index contributed by atoms with van der Waals surface area (Å²) in [5.74, 6) is 0.895. The van der Waals surface area contributed by atoms with Crippen molar-refractivity contribution in [1.29, 1.82) is 0 Å². The van der Waals surface area contributed by atoms with E-state index >= 15 is 0 Å². The Hall–Kier alpha value is -2.15. The van der Waals surface area contributed by atoms with Gasteiger partial charge in [-0.1, -0.05) is 11.6 Å². The van der Waals surface area contributed by atoms with Crippen LogP contribution >= 0.6 is 11.6 Å². The highest BCUT2D eigenvalue weighted by Gasteiger charge is 2.11. The lowest BCUT2D eigenvalue weighted by Crippen LogP contribution is -1.98. The van der Waals surface area contributed by atoms with Gasteiger partial charge in [-0.2, -0.15) is 5.10 Å². The number of aryl methyl sites for hydroxylation is 1. The van der Waals surface area contributed by atoms with Crippen LogP contribution in [0.2, 0.25) is 5.02 Å². The van der Waals surface area contributed by atoms with E-state index in [0.29, 0.717) is 11.6 Å². The number of anilines is 2. The zero-order valence-electron chi connectivity index (χ0n) is 8.79. The summed E-state index contributed by atoms with van der Waals surface area (Å²) in [6.07, 6.45) is 2.89.